The molecule has 0 spiro atoms. The lowest BCUT2D eigenvalue weighted by atomic mass is 9.56. The van der Waals surface area contributed by atoms with Gasteiger partial charge in [0.1, 0.15) is 11.5 Å². The van der Waals surface area contributed by atoms with Crippen molar-refractivity contribution >= 4 is 23.4 Å². The molecule has 1 saturated carbocycles. The summed E-state index contributed by atoms with van der Waals surface area (Å²) in [5.41, 5.74) is -2.30. The molecule has 3 aliphatic rings. The van der Waals surface area contributed by atoms with E-state index in [2.05, 4.69) is 0 Å². The molecule has 1 aromatic rings. The Kier molecular flexibility index (Phi) is 5.07. The Bertz CT molecular complexity index is 1200. The highest BCUT2D eigenvalue weighted by Crippen LogP contribution is 2.56. The number of aliphatic hydroxyl groups is 5. The summed E-state index contributed by atoms with van der Waals surface area (Å²) in [4.78, 5) is 39.5. The highest BCUT2D eigenvalue weighted by molar-refractivity contribution is 6.19. The molecule has 4 rings (SSSR count). The van der Waals surface area contributed by atoms with E-state index >= 15 is 0 Å². The van der Waals surface area contributed by atoms with Gasteiger partial charge in [-0.2, -0.15) is 0 Å². The predicted octanol–water partition coefficient (Wildman–Crippen LogP) is -1.47. The van der Waals surface area contributed by atoms with Gasteiger partial charge in [0.15, 0.2) is 23.2 Å². The molecule has 1 aliphatic heterocycles. The van der Waals surface area contributed by atoms with Crippen LogP contribution >= 0.6 is 0 Å². The standard InChI is InChI=1S/C22H24N2O10/c1-21(32)7-5-4-6-8(25)9(7)14(26)10-12(21)15(27)13-19(24(2)3)34-20(31)11(18(23)30)17(29)22(13,33)16(10)28/h4-6,12-13,15,19,25-27,29,32-33H,1-3H3,(H2,23,30)/t12-,13+,15+,19?,21-,22+/m1/s1. The lowest BCUT2D eigenvalue weighted by molar-refractivity contribution is -0.204. The van der Waals surface area contributed by atoms with Crippen molar-refractivity contribution in [2.75, 3.05) is 14.1 Å². The molecule has 2 aliphatic carbocycles. The van der Waals surface area contributed by atoms with E-state index in [9.17, 15) is 45.0 Å². The van der Waals surface area contributed by atoms with Gasteiger partial charge in [-0.25, -0.2) is 4.79 Å². The molecule has 1 amide bonds. The average molecular weight is 476 g/mol. The van der Waals surface area contributed by atoms with Gasteiger partial charge in [-0.1, -0.05) is 12.1 Å². The molecule has 12 nitrogen and oxygen atoms in total. The third-order valence-electron chi connectivity index (χ3n) is 6.87. The number of hydrogen-bond donors (Lipinski definition) is 7. The van der Waals surface area contributed by atoms with Gasteiger partial charge in [0.25, 0.3) is 5.91 Å². The van der Waals surface area contributed by atoms with Crippen LogP contribution in [0.4, 0.5) is 0 Å². The van der Waals surface area contributed by atoms with Crippen LogP contribution in [0.3, 0.4) is 0 Å². The second-order valence-corrected chi connectivity index (χ2v) is 9.05. The average Bonchev–Trinajstić information content (AvgIpc) is 2.82. The lowest BCUT2D eigenvalue weighted by Crippen LogP contribution is -2.68. The molecule has 0 saturated heterocycles. The van der Waals surface area contributed by atoms with Crippen LogP contribution in [0.1, 0.15) is 18.1 Å². The zero-order valence-corrected chi connectivity index (χ0v) is 18.4. The number of phenols is 1. The number of carbonyl (C=O) groups is 3. The van der Waals surface area contributed by atoms with Crippen molar-refractivity contribution in [1.29, 1.82) is 0 Å². The summed E-state index contributed by atoms with van der Waals surface area (Å²) in [5, 5.41) is 66.7. The van der Waals surface area contributed by atoms with E-state index in [0.29, 0.717) is 0 Å². The minimum absolute atomic E-state index is 0.0133. The minimum Gasteiger partial charge on any atom is -0.508 e. The van der Waals surface area contributed by atoms with Gasteiger partial charge < -0.3 is 41.1 Å². The van der Waals surface area contributed by atoms with Gasteiger partial charge in [-0.05, 0) is 32.6 Å². The Balaban J connectivity index is 2.11. The van der Waals surface area contributed by atoms with Crippen LogP contribution in [0.25, 0.3) is 5.76 Å². The maximum absolute atomic E-state index is 13.8. The van der Waals surface area contributed by atoms with Gasteiger partial charge >= 0.3 is 5.97 Å². The van der Waals surface area contributed by atoms with Crippen molar-refractivity contribution < 1.29 is 49.8 Å². The molecule has 12 heteroatoms. The molecule has 0 bridgehead atoms. The van der Waals surface area contributed by atoms with Crippen LogP contribution in [0.15, 0.2) is 35.1 Å². The van der Waals surface area contributed by atoms with Crippen molar-refractivity contribution in [3.8, 4) is 5.75 Å². The zero-order valence-electron chi connectivity index (χ0n) is 18.4. The van der Waals surface area contributed by atoms with E-state index < -0.39 is 81.4 Å². The number of aromatic hydroxyl groups is 1. The second-order valence-electron chi connectivity index (χ2n) is 9.05. The van der Waals surface area contributed by atoms with Gasteiger partial charge in [-0.15, -0.1) is 0 Å². The number of phenolic OH excluding ortho intramolecular Hbond substituents is 1. The number of nitrogens with zero attached hydrogens (tertiary/aromatic N) is 1. The number of ether oxygens (including phenoxy) is 1. The lowest BCUT2D eigenvalue weighted by Gasteiger charge is -2.52. The monoisotopic (exact) mass is 476 g/mol. The molecule has 6 atom stereocenters. The van der Waals surface area contributed by atoms with Crippen LogP contribution in [-0.4, -0.2) is 85.2 Å². The van der Waals surface area contributed by atoms with Crippen molar-refractivity contribution in [3.63, 3.8) is 0 Å². The number of esters is 1. The van der Waals surface area contributed by atoms with Crippen LogP contribution in [-0.2, 0) is 24.7 Å². The molecule has 182 valence electrons. The number of amides is 1. The summed E-state index contributed by atoms with van der Waals surface area (Å²) < 4.78 is 5.23. The van der Waals surface area contributed by atoms with Gasteiger partial charge in [0.2, 0.25) is 5.78 Å². The molecule has 34 heavy (non-hydrogen) atoms. The van der Waals surface area contributed by atoms with Crippen molar-refractivity contribution in [3.05, 3.63) is 46.2 Å². The van der Waals surface area contributed by atoms with E-state index in [1.807, 2.05) is 0 Å². The van der Waals surface area contributed by atoms with Gasteiger partial charge in [0.05, 0.1) is 34.7 Å². The summed E-state index contributed by atoms with van der Waals surface area (Å²) in [7, 11) is 2.77. The number of nitrogens with two attached hydrogens (primary N) is 1. The molecule has 0 radical (unpaired) electrons. The molecule has 1 fully saturated rings. The summed E-state index contributed by atoms with van der Waals surface area (Å²) in [5.74, 6) is -10.6. The number of benzene rings is 1. The van der Waals surface area contributed by atoms with E-state index in [1.165, 1.54) is 44.1 Å². The van der Waals surface area contributed by atoms with E-state index in [4.69, 9.17) is 10.5 Å². The highest BCUT2D eigenvalue weighted by Gasteiger charge is 2.69. The van der Waals surface area contributed by atoms with E-state index in [1.54, 1.807) is 0 Å². The SMILES string of the molecule is CN(C)C1OC(=O)C(C(N)=O)=C(O)[C@@]2(O)C(=O)C3=C(O)c4c(O)cccc4[C@@](C)(O)[C@H]3[C@H](O)[C@@H]12. The molecular weight excluding hydrogens is 452 g/mol. The maximum atomic E-state index is 13.8. The van der Waals surface area contributed by atoms with Gasteiger partial charge in [0, 0.05) is 0 Å². The Morgan fingerprint density at radius 1 is 1.15 bits per heavy atom. The van der Waals surface area contributed by atoms with E-state index in [-0.39, 0.29) is 11.1 Å². The van der Waals surface area contributed by atoms with Crippen LogP contribution in [0, 0.1) is 11.8 Å². The Hall–Kier alpha value is -3.45. The Morgan fingerprint density at radius 2 is 1.76 bits per heavy atom. The molecule has 1 heterocycles. The largest absolute Gasteiger partial charge is 0.508 e. The maximum Gasteiger partial charge on any atom is 0.348 e. The van der Waals surface area contributed by atoms with E-state index in [0.717, 1.165) is 0 Å². The Morgan fingerprint density at radius 3 is 2.32 bits per heavy atom. The molecular formula is C22H24N2O10. The van der Waals surface area contributed by atoms with Crippen LogP contribution < -0.4 is 5.73 Å². The molecule has 1 aromatic carbocycles. The number of hydrogen-bond acceptors (Lipinski definition) is 11. The number of cyclic esters (lactones) is 1. The molecule has 8 N–H and O–H groups in total. The third-order valence-corrected chi connectivity index (χ3v) is 6.87. The quantitative estimate of drug-likeness (QED) is 0.193. The molecule has 1 unspecified atom stereocenters. The van der Waals surface area contributed by atoms with Crippen LogP contribution in [0.2, 0.25) is 0 Å². The number of rotatable bonds is 2. The smallest absolute Gasteiger partial charge is 0.348 e. The zero-order chi connectivity index (χ0) is 25.5. The Labute approximate surface area is 192 Å². The summed E-state index contributed by atoms with van der Waals surface area (Å²) in [6.07, 6.45) is -3.51. The number of aliphatic hydroxyl groups excluding tert-OH is 3. The number of primary amides is 1. The first kappa shape index (κ1) is 23.7. The fraction of sp³-hybridized carbons (Fsp3) is 0.409. The second kappa shape index (κ2) is 7.27. The fourth-order valence-electron chi connectivity index (χ4n) is 5.32. The normalized spacial score (nSPS) is 35.4. The first-order valence-electron chi connectivity index (χ1n) is 10.2. The first-order valence-corrected chi connectivity index (χ1v) is 10.2. The summed E-state index contributed by atoms with van der Waals surface area (Å²) >= 11 is 0. The minimum atomic E-state index is -3.16. The van der Waals surface area contributed by atoms with Crippen LogP contribution in [0.5, 0.6) is 5.75 Å². The number of fused-ring (bicyclic) bond motifs is 3. The van der Waals surface area contributed by atoms with Crippen molar-refractivity contribution in [2.24, 2.45) is 17.6 Å². The first-order chi connectivity index (χ1) is 15.7. The number of carbonyl (C=O) groups excluding carboxylic acids is 3. The van der Waals surface area contributed by atoms with Crippen molar-refractivity contribution in [1.82, 2.24) is 4.90 Å². The topological polar surface area (TPSA) is 211 Å². The predicted molar refractivity (Wildman–Crippen MR) is 113 cm³/mol. The highest BCUT2D eigenvalue weighted by atomic mass is 16.6. The van der Waals surface area contributed by atoms with Crippen molar-refractivity contribution in [2.45, 2.75) is 30.5 Å². The summed E-state index contributed by atoms with van der Waals surface area (Å²) in [6.45, 7) is 1.24. The third kappa shape index (κ3) is 2.76. The number of ketones is 1. The fourth-order valence-corrected chi connectivity index (χ4v) is 5.32. The number of Topliss-reactive ketones (excluding diaryl/α,β-unsaturated/α-hetero) is 1. The van der Waals surface area contributed by atoms with Gasteiger partial charge in [-0.3, -0.25) is 14.5 Å². The molecule has 0 aromatic heterocycles. The summed E-state index contributed by atoms with van der Waals surface area (Å²) in [6, 6.07) is 3.95.